The minimum absolute atomic E-state index is 0.325. The number of allylic oxidation sites excluding steroid dienone is 2. The Bertz CT molecular complexity index is 1540. The van der Waals surface area contributed by atoms with Gasteiger partial charge in [-0.2, -0.15) is 0 Å². The molecule has 1 amide bonds. The van der Waals surface area contributed by atoms with E-state index in [1.54, 1.807) is 20.2 Å². The highest BCUT2D eigenvalue weighted by Crippen LogP contribution is 2.25. The summed E-state index contributed by atoms with van der Waals surface area (Å²) in [6.07, 6.45) is 4.37. The number of nitrogens with one attached hydrogen (secondary N) is 2. The maximum Gasteiger partial charge on any atom is 0.255 e. The summed E-state index contributed by atoms with van der Waals surface area (Å²) in [6, 6.07) is 13.1. The lowest BCUT2D eigenvalue weighted by Crippen LogP contribution is -2.35. The molecule has 0 aliphatic carbocycles. The minimum atomic E-state index is -0.960. The zero-order chi connectivity index (χ0) is 31.0. The number of benzene rings is 2. The maximum atomic E-state index is 13.8. The van der Waals surface area contributed by atoms with Crippen LogP contribution in [0.1, 0.15) is 63.9 Å². The number of amidine groups is 2. The Kier molecular flexibility index (Phi) is 11.0. The number of carbonyl (C=O) groups excluding carboxylic acids is 1. The normalized spacial score (nSPS) is 13.4. The molecule has 0 aliphatic rings. The first-order valence-corrected chi connectivity index (χ1v) is 13.8. The molecule has 42 heavy (non-hydrogen) atoms. The van der Waals surface area contributed by atoms with Gasteiger partial charge in [0.25, 0.3) is 5.91 Å². The van der Waals surface area contributed by atoms with Crippen LogP contribution >= 0.6 is 0 Å². The van der Waals surface area contributed by atoms with Crippen molar-refractivity contribution >= 4 is 17.6 Å². The molecule has 0 saturated carbocycles. The Morgan fingerprint density at radius 2 is 1.76 bits per heavy atom. The van der Waals surface area contributed by atoms with E-state index in [2.05, 4.69) is 15.6 Å². The SMILES string of the molecule is CC/C(C)=C(\C(=O)NC(C)c1ccc(F)c(F)c1)C(=NCc1ccc(-c2ccn(C)c2C(N)=NC)cc1)NC=C(C)C. The highest BCUT2D eigenvalue weighted by Gasteiger charge is 2.21. The topological polar surface area (TPSA) is 96.8 Å². The number of hydrogen-bond donors (Lipinski definition) is 3. The third-order valence-corrected chi connectivity index (χ3v) is 6.95. The van der Waals surface area contributed by atoms with Crippen molar-refractivity contribution in [2.24, 2.45) is 22.8 Å². The first-order chi connectivity index (χ1) is 20.0. The molecule has 7 nitrogen and oxygen atoms in total. The van der Waals surface area contributed by atoms with Crippen LogP contribution in [0.3, 0.4) is 0 Å². The number of aryl methyl sites for hydroxylation is 1. The van der Waals surface area contributed by atoms with Gasteiger partial charge in [-0.1, -0.05) is 48.4 Å². The number of nitrogens with zero attached hydrogens (tertiary/aromatic N) is 3. The molecule has 0 radical (unpaired) electrons. The number of aliphatic imine (C=N–C) groups is 2. The van der Waals surface area contributed by atoms with Gasteiger partial charge in [0.1, 0.15) is 11.7 Å². The molecule has 222 valence electrons. The molecule has 0 fully saturated rings. The van der Waals surface area contributed by atoms with Crippen LogP contribution in [0.4, 0.5) is 8.78 Å². The van der Waals surface area contributed by atoms with Gasteiger partial charge < -0.3 is 20.9 Å². The van der Waals surface area contributed by atoms with Crippen LogP contribution in [0.15, 0.2) is 87.6 Å². The van der Waals surface area contributed by atoms with Gasteiger partial charge in [0.2, 0.25) is 0 Å². The van der Waals surface area contributed by atoms with Crippen molar-refractivity contribution < 1.29 is 13.6 Å². The highest BCUT2D eigenvalue weighted by molar-refractivity contribution is 6.21. The van der Waals surface area contributed by atoms with Crippen LogP contribution in [-0.4, -0.2) is 29.2 Å². The molecule has 2 aromatic carbocycles. The van der Waals surface area contributed by atoms with Crippen molar-refractivity contribution in [2.45, 2.75) is 53.6 Å². The number of aromatic nitrogens is 1. The van der Waals surface area contributed by atoms with Crippen LogP contribution in [0.2, 0.25) is 0 Å². The van der Waals surface area contributed by atoms with Crippen LogP contribution in [0.5, 0.6) is 0 Å². The van der Waals surface area contributed by atoms with E-state index < -0.39 is 17.7 Å². The Morgan fingerprint density at radius 1 is 1.07 bits per heavy atom. The summed E-state index contributed by atoms with van der Waals surface area (Å²) < 4.78 is 29.2. The van der Waals surface area contributed by atoms with Crippen molar-refractivity contribution in [1.82, 2.24) is 15.2 Å². The average Bonchev–Trinajstić information content (AvgIpc) is 3.36. The van der Waals surface area contributed by atoms with Gasteiger partial charge >= 0.3 is 0 Å². The van der Waals surface area contributed by atoms with Crippen LogP contribution in [-0.2, 0) is 18.4 Å². The van der Waals surface area contributed by atoms with Gasteiger partial charge in [0.15, 0.2) is 11.6 Å². The molecule has 9 heteroatoms. The van der Waals surface area contributed by atoms with Crippen molar-refractivity contribution in [3.05, 3.63) is 106 Å². The third-order valence-electron chi connectivity index (χ3n) is 6.95. The predicted molar refractivity (Wildman–Crippen MR) is 167 cm³/mol. The quantitative estimate of drug-likeness (QED) is 0.150. The fraction of sp³-hybridized carbons (Fsp3) is 0.303. The fourth-order valence-electron chi connectivity index (χ4n) is 4.37. The molecular weight excluding hydrogens is 534 g/mol. The van der Waals surface area contributed by atoms with E-state index in [0.717, 1.165) is 45.7 Å². The summed E-state index contributed by atoms with van der Waals surface area (Å²) >= 11 is 0. The number of rotatable bonds is 10. The molecule has 0 aliphatic heterocycles. The van der Waals surface area contributed by atoms with Gasteiger partial charge in [0.05, 0.1) is 23.9 Å². The number of hydrogen-bond acceptors (Lipinski definition) is 3. The summed E-state index contributed by atoms with van der Waals surface area (Å²) in [4.78, 5) is 22.6. The molecule has 1 atom stereocenters. The van der Waals surface area contributed by atoms with Gasteiger partial charge in [-0.05, 0) is 69.0 Å². The molecular formula is C33H40F2N6O. The first-order valence-electron chi connectivity index (χ1n) is 13.8. The lowest BCUT2D eigenvalue weighted by Gasteiger charge is -2.19. The van der Waals surface area contributed by atoms with Crippen molar-refractivity contribution in [2.75, 3.05) is 7.05 Å². The molecule has 0 saturated heterocycles. The Morgan fingerprint density at radius 3 is 2.36 bits per heavy atom. The molecule has 4 N–H and O–H groups in total. The number of amides is 1. The number of halogens is 2. The van der Waals surface area contributed by atoms with Crippen LogP contribution in [0.25, 0.3) is 11.1 Å². The largest absolute Gasteiger partial charge is 0.382 e. The van der Waals surface area contributed by atoms with Gasteiger partial charge in [0, 0.05) is 32.1 Å². The molecule has 1 heterocycles. The number of carbonyl (C=O) groups is 1. The van der Waals surface area contributed by atoms with E-state index in [-0.39, 0.29) is 5.91 Å². The summed E-state index contributed by atoms with van der Waals surface area (Å²) in [5.74, 6) is -1.37. The monoisotopic (exact) mass is 574 g/mol. The van der Waals surface area contributed by atoms with E-state index in [0.29, 0.717) is 35.8 Å². The molecule has 3 aromatic rings. The first kappa shape index (κ1) is 32.0. The second kappa shape index (κ2) is 14.4. The smallest absolute Gasteiger partial charge is 0.255 e. The van der Waals surface area contributed by atoms with E-state index in [1.807, 2.05) is 75.8 Å². The van der Waals surface area contributed by atoms with E-state index in [1.165, 1.54) is 6.07 Å². The molecule has 1 aromatic heterocycles. The summed E-state index contributed by atoms with van der Waals surface area (Å²) in [7, 11) is 3.60. The zero-order valence-electron chi connectivity index (χ0n) is 25.3. The minimum Gasteiger partial charge on any atom is -0.382 e. The van der Waals surface area contributed by atoms with Gasteiger partial charge in [-0.25, -0.2) is 8.78 Å². The van der Waals surface area contributed by atoms with Gasteiger partial charge in [-0.3, -0.25) is 14.8 Å². The third kappa shape index (κ3) is 7.81. The van der Waals surface area contributed by atoms with Gasteiger partial charge in [-0.15, -0.1) is 0 Å². The molecule has 3 rings (SSSR count). The second-order valence-corrected chi connectivity index (χ2v) is 10.4. The average molecular weight is 575 g/mol. The van der Waals surface area contributed by atoms with E-state index in [9.17, 15) is 13.6 Å². The van der Waals surface area contributed by atoms with Crippen molar-refractivity contribution in [3.63, 3.8) is 0 Å². The van der Waals surface area contributed by atoms with Crippen molar-refractivity contribution in [1.29, 1.82) is 0 Å². The maximum absolute atomic E-state index is 13.8. The molecule has 1 unspecified atom stereocenters. The van der Waals surface area contributed by atoms with E-state index >= 15 is 0 Å². The molecule has 0 spiro atoms. The van der Waals surface area contributed by atoms with E-state index in [4.69, 9.17) is 10.7 Å². The summed E-state index contributed by atoms with van der Waals surface area (Å²) in [6.45, 7) is 9.78. The predicted octanol–water partition coefficient (Wildman–Crippen LogP) is 6.32. The van der Waals surface area contributed by atoms with Crippen molar-refractivity contribution in [3.8, 4) is 11.1 Å². The van der Waals surface area contributed by atoms with Crippen LogP contribution in [0, 0.1) is 11.6 Å². The summed E-state index contributed by atoms with van der Waals surface area (Å²) in [5, 5.41) is 6.13. The summed E-state index contributed by atoms with van der Waals surface area (Å²) in [5.41, 5.74) is 12.6. The Labute approximate surface area is 247 Å². The zero-order valence-corrected chi connectivity index (χ0v) is 25.3. The lowest BCUT2D eigenvalue weighted by molar-refractivity contribution is -0.117. The second-order valence-electron chi connectivity index (χ2n) is 10.4. The molecule has 0 bridgehead atoms. The Hall–Kier alpha value is -4.53. The highest BCUT2D eigenvalue weighted by atomic mass is 19.2. The lowest BCUT2D eigenvalue weighted by atomic mass is 10.0. The fourth-order valence-corrected chi connectivity index (χ4v) is 4.37. The van der Waals surface area contributed by atoms with Crippen LogP contribution < -0.4 is 16.4 Å². The number of nitrogens with two attached hydrogens (primary N) is 1. The Balaban J connectivity index is 1.91. The standard InChI is InChI=1S/C33H40F2N6O/c1-8-21(4)29(33(42)40-22(5)25-13-14-27(34)28(35)17-25)32(38-18-20(2)3)39-19-23-9-11-24(12-10-23)26-15-16-41(7)30(26)31(36)37-6/h9-18,22H,8,19H2,1-7H3,(H2,36,37)(H,38,39)(H,40,42)/b29-21-.